The Bertz CT molecular complexity index is 448. The number of carbonyl (C=O) groups is 1. The largest absolute Gasteiger partial charge is 0.396 e. The fraction of sp³-hybridized carbons (Fsp3) is 0.417. The third-order valence-electron chi connectivity index (χ3n) is 2.66. The molecule has 0 aliphatic rings. The molecule has 1 atom stereocenters. The van der Waals surface area contributed by atoms with Crippen molar-refractivity contribution >= 4 is 34.7 Å². The number of nitro benzene ring substituents is 1. The van der Waals surface area contributed by atoms with Crippen LogP contribution in [0.5, 0.6) is 0 Å². The molecule has 104 valence electrons. The molecule has 1 aromatic rings. The quantitative estimate of drug-likeness (QED) is 0.477. The van der Waals surface area contributed by atoms with E-state index in [1.807, 2.05) is 0 Å². The smallest absolute Gasteiger partial charge is 0.269 e. The maximum atomic E-state index is 11.4. The molecule has 0 spiro atoms. The lowest BCUT2D eigenvalue weighted by atomic mass is 9.95. The minimum Gasteiger partial charge on any atom is -0.396 e. The van der Waals surface area contributed by atoms with E-state index in [9.17, 15) is 20.0 Å². The second kappa shape index (κ2) is 7.43. The molecule has 1 aromatic carbocycles. The Morgan fingerprint density at radius 1 is 1.32 bits per heavy atom. The highest BCUT2D eigenvalue weighted by Gasteiger charge is 2.18. The van der Waals surface area contributed by atoms with Gasteiger partial charge in [0.15, 0.2) is 10.6 Å². The monoisotopic (exact) mass is 305 g/mol. The van der Waals surface area contributed by atoms with Crippen LogP contribution in [0.1, 0.15) is 12.0 Å². The third kappa shape index (κ3) is 5.14. The highest BCUT2D eigenvalue weighted by molar-refractivity contribution is 6.53. The lowest BCUT2D eigenvalue weighted by molar-refractivity contribution is -0.384. The van der Waals surface area contributed by atoms with Crippen molar-refractivity contribution in [2.75, 3.05) is 6.61 Å². The first-order chi connectivity index (χ1) is 8.93. The van der Waals surface area contributed by atoms with Crippen LogP contribution in [-0.4, -0.2) is 27.3 Å². The maximum absolute atomic E-state index is 11.4. The number of carbonyl (C=O) groups excluding carboxylic acids is 1. The molecule has 1 rings (SSSR count). The number of hydrogen-bond acceptors (Lipinski definition) is 4. The molecule has 0 saturated heterocycles. The van der Waals surface area contributed by atoms with Crippen LogP contribution >= 0.6 is 23.2 Å². The average molecular weight is 306 g/mol. The molecule has 0 aliphatic heterocycles. The molecule has 1 N–H and O–H groups in total. The first-order valence-corrected chi connectivity index (χ1v) is 6.46. The minimum atomic E-state index is -1.09. The fourth-order valence-electron chi connectivity index (χ4n) is 1.66. The number of Topliss-reactive ketones (excluding diaryl/α,β-unsaturated/α-hetero) is 1. The van der Waals surface area contributed by atoms with Gasteiger partial charge in [-0.3, -0.25) is 14.9 Å². The second-order valence-corrected chi connectivity index (χ2v) is 5.24. The number of aliphatic hydroxyl groups is 1. The summed E-state index contributed by atoms with van der Waals surface area (Å²) in [6, 6.07) is 5.98. The Kier molecular flexibility index (Phi) is 6.21. The van der Waals surface area contributed by atoms with Gasteiger partial charge in [-0.15, -0.1) is 0 Å². The van der Waals surface area contributed by atoms with Gasteiger partial charge < -0.3 is 5.11 Å². The van der Waals surface area contributed by atoms with Crippen molar-refractivity contribution in [1.29, 1.82) is 0 Å². The van der Waals surface area contributed by atoms with E-state index in [4.69, 9.17) is 23.2 Å². The van der Waals surface area contributed by atoms with Crippen LogP contribution in [0.25, 0.3) is 0 Å². The highest BCUT2D eigenvalue weighted by atomic mass is 35.5. The number of nitro groups is 1. The average Bonchev–Trinajstić information content (AvgIpc) is 2.38. The lowest BCUT2D eigenvalue weighted by Gasteiger charge is -2.13. The van der Waals surface area contributed by atoms with E-state index in [0.29, 0.717) is 6.42 Å². The molecule has 0 fully saturated rings. The molecule has 0 heterocycles. The number of nitrogens with zero attached hydrogens (tertiary/aromatic N) is 1. The SMILES string of the molecule is O=C(C[C@H](CO)Cc1ccc([N+](=O)[O-])cc1)C(Cl)Cl. The topological polar surface area (TPSA) is 80.4 Å². The number of rotatable bonds is 7. The van der Waals surface area contributed by atoms with Crippen LogP contribution in [0.2, 0.25) is 0 Å². The molecule has 7 heteroatoms. The van der Waals surface area contributed by atoms with Gasteiger partial charge in [0.1, 0.15) is 0 Å². The molecule has 0 aliphatic carbocycles. The summed E-state index contributed by atoms with van der Waals surface area (Å²) in [7, 11) is 0. The molecule has 0 bridgehead atoms. The Morgan fingerprint density at radius 2 is 1.89 bits per heavy atom. The van der Waals surface area contributed by atoms with E-state index in [2.05, 4.69) is 0 Å². The van der Waals surface area contributed by atoms with Gasteiger partial charge in [-0.25, -0.2) is 0 Å². The number of non-ortho nitro benzene ring substituents is 1. The van der Waals surface area contributed by atoms with Crippen molar-refractivity contribution in [3.63, 3.8) is 0 Å². The van der Waals surface area contributed by atoms with Gasteiger partial charge in [-0.05, 0) is 17.9 Å². The number of halogens is 2. The Labute approximate surface area is 120 Å². The molecular weight excluding hydrogens is 293 g/mol. The van der Waals surface area contributed by atoms with Crippen molar-refractivity contribution in [2.45, 2.75) is 17.7 Å². The van der Waals surface area contributed by atoms with Crippen LogP contribution in [0.4, 0.5) is 5.69 Å². The molecule has 0 radical (unpaired) electrons. The molecular formula is C12H13Cl2NO4. The van der Waals surface area contributed by atoms with Gasteiger partial charge >= 0.3 is 0 Å². The summed E-state index contributed by atoms with van der Waals surface area (Å²) in [5, 5.41) is 19.7. The Hall–Kier alpha value is -1.17. The van der Waals surface area contributed by atoms with Crippen molar-refractivity contribution in [3.8, 4) is 0 Å². The molecule has 0 unspecified atom stereocenters. The number of alkyl halides is 2. The zero-order valence-electron chi connectivity index (χ0n) is 9.96. The fourth-order valence-corrected chi connectivity index (χ4v) is 1.84. The van der Waals surface area contributed by atoms with E-state index < -0.39 is 9.76 Å². The second-order valence-electron chi connectivity index (χ2n) is 4.15. The van der Waals surface area contributed by atoms with E-state index >= 15 is 0 Å². The number of hydrogen-bond donors (Lipinski definition) is 1. The summed E-state index contributed by atoms with van der Waals surface area (Å²) >= 11 is 10.9. The van der Waals surface area contributed by atoms with Crippen molar-refractivity contribution in [2.24, 2.45) is 5.92 Å². The normalized spacial score (nSPS) is 12.4. The highest BCUT2D eigenvalue weighted by Crippen LogP contribution is 2.18. The zero-order chi connectivity index (χ0) is 14.4. The number of ketones is 1. The van der Waals surface area contributed by atoms with Crippen molar-refractivity contribution < 1.29 is 14.8 Å². The van der Waals surface area contributed by atoms with Crippen molar-refractivity contribution in [1.82, 2.24) is 0 Å². The standard InChI is InChI=1S/C12H13Cl2NO4/c13-12(14)11(17)6-9(7-16)5-8-1-3-10(4-2-8)15(18)19/h1-4,9,12,16H,5-7H2/t9-/m1/s1. The minimum absolute atomic E-state index is 0.00181. The predicted octanol–water partition coefficient (Wildman–Crippen LogP) is 2.51. The third-order valence-corrected chi connectivity index (χ3v) is 3.15. The maximum Gasteiger partial charge on any atom is 0.269 e. The predicted molar refractivity (Wildman–Crippen MR) is 72.5 cm³/mol. The summed E-state index contributed by atoms with van der Waals surface area (Å²) < 4.78 is 0. The van der Waals surface area contributed by atoms with Crippen LogP contribution in [0, 0.1) is 16.0 Å². The Balaban J connectivity index is 2.65. The zero-order valence-corrected chi connectivity index (χ0v) is 11.5. The first kappa shape index (κ1) is 15.9. The Morgan fingerprint density at radius 3 is 2.32 bits per heavy atom. The molecule has 5 nitrogen and oxygen atoms in total. The van der Waals surface area contributed by atoms with Gasteiger partial charge in [0.05, 0.1) is 4.92 Å². The molecule has 0 aromatic heterocycles. The van der Waals surface area contributed by atoms with E-state index in [0.717, 1.165) is 5.56 Å². The van der Waals surface area contributed by atoms with Gasteiger partial charge in [-0.2, -0.15) is 0 Å². The molecule has 19 heavy (non-hydrogen) atoms. The first-order valence-electron chi connectivity index (χ1n) is 5.59. The summed E-state index contributed by atoms with van der Waals surface area (Å²) in [5.41, 5.74) is 0.806. The van der Waals surface area contributed by atoms with Gasteiger partial charge in [0, 0.05) is 25.2 Å². The van der Waals surface area contributed by atoms with Gasteiger partial charge in [0.25, 0.3) is 5.69 Å². The van der Waals surface area contributed by atoms with Crippen LogP contribution in [0.3, 0.4) is 0 Å². The van der Waals surface area contributed by atoms with Crippen LogP contribution in [-0.2, 0) is 11.2 Å². The summed E-state index contributed by atoms with van der Waals surface area (Å²) in [5.74, 6) is -0.641. The number of benzene rings is 1. The summed E-state index contributed by atoms with van der Waals surface area (Å²) in [6.07, 6.45) is 0.506. The summed E-state index contributed by atoms with van der Waals surface area (Å²) in [4.78, 5) is 20.3. The van der Waals surface area contributed by atoms with Crippen LogP contribution < -0.4 is 0 Å². The van der Waals surface area contributed by atoms with Crippen LogP contribution in [0.15, 0.2) is 24.3 Å². The van der Waals surface area contributed by atoms with Crippen molar-refractivity contribution in [3.05, 3.63) is 39.9 Å². The van der Waals surface area contributed by atoms with E-state index in [1.54, 1.807) is 12.1 Å². The van der Waals surface area contributed by atoms with E-state index in [-0.39, 0.29) is 30.4 Å². The number of aliphatic hydroxyl groups excluding tert-OH is 1. The lowest BCUT2D eigenvalue weighted by Crippen LogP contribution is -2.18. The molecule has 0 amide bonds. The molecule has 0 saturated carbocycles. The summed E-state index contributed by atoms with van der Waals surface area (Å²) in [6.45, 7) is -0.177. The van der Waals surface area contributed by atoms with Gasteiger partial charge in [-0.1, -0.05) is 35.3 Å². The van der Waals surface area contributed by atoms with Gasteiger partial charge in [0.2, 0.25) is 0 Å². The van der Waals surface area contributed by atoms with E-state index in [1.165, 1.54) is 12.1 Å².